The van der Waals surface area contributed by atoms with Gasteiger partial charge in [-0.1, -0.05) is 45.0 Å². The molecule has 0 unspecified atom stereocenters. The van der Waals surface area contributed by atoms with Crippen LogP contribution in [0.1, 0.15) is 56.7 Å². The Morgan fingerprint density at radius 3 is 2.37 bits per heavy atom. The van der Waals surface area contributed by atoms with Crippen molar-refractivity contribution in [1.82, 2.24) is 0 Å². The number of amides is 2. The maximum absolute atomic E-state index is 13.0. The number of benzene rings is 2. The molecule has 4 nitrogen and oxygen atoms in total. The zero-order valence-corrected chi connectivity index (χ0v) is 16.2. The highest BCUT2D eigenvalue weighted by atomic mass is 16.2. The van der Waals surface area contributed by atoms with E-state index >= 15 is 0 Å². The van der Waals surface area contributed by atoms with Gasteiger partial charge < -0.3 is 10.6 Å². The van der Waals surface area contributed by atoms with Crippen LogP contribution in [-0.4, -0.2) is 11.8 Å². The summed E-state index contributed by atoms with van der Waals surface area (Å²) in [5, 5.41) is 5.97. The molecular formula is C23H26N2O2. The Labute approximate surface area is 160 Å². The van der Waals surface area contributed by atoms with Gasteiger partial charge in [0.1, 0.15) is 0 Å². The van der Waals surface area contributed by atoms with E-state index in [1.54, 1.807) is 0 Å². The first-order valence-electron chi connectivity index (χ1n) is 9.63. The summed E-state index contributed by atoms with van der Waals surface area (Å²) in [5.41, 5.74) is 4.80. The minimum atomic E-state index is -0.402. The first-order chi connectivity index (χ1) is 12.8. The van der Waals surface area contributed by atoms with Crippen molar-refractivity contribution >= 4 is 23.2 Å². The molecule has 2 aliphatic rings. The SMILES string of the molecule is CC(C)(C)c1ccc(C2(C(=O)Nc3ccc4c(c3)CCC(=O)N4)CC2)cc1. The molecule has 2 amide bonds. The fourth-order valence-corrected chi connectivity index (χ4v) is 3.77. The highest BCUT2D eigenvalue weighted by Gasteiger charge is 2.51. The molecule has 0 spiro atoms. The third-order valence-corrected chi connectivity index (χ3v) is 5.75. The van der Waals surface area contributed by atoms with Crippen LogP contribution in [0.3, 0.4) is 0 Å². The van der Waals surface area contributed by atoms with Gasteiger partial charge in [0.05, 0.1) is 5.41 Å². The Morgan fingerprint density at radius 1 is 1.04 bits per heavy atom. The number of hydrogen-bond acceptors (Lipinski definition) is 2. The van der Waals surface area contributed by atoms with Gasteiger partial charge in [-0.15, -0.1) is 0 Å². The molecule has 0 bridgehead atoms. The zero-order valence-electron chi connectivity index (χ0n) is 16.2. The van der Waals surface area contributed by atoms with E-state index in [0.29, 0.717) is 12.8 Å². The highest BCUT2D eigenvalue weighted by molar-refractivity contribution is 6.02. The van der Waals surface area contributed by atoms with Gasteiger partial charge in [-0.25, -0.2) is 0 Å². The summed E-state index contributed by atoms with van der Waals surface area (Å²) in [5.74, 6) is 0.112. The third kappa shape index (κ3) is 3.36. The monoisotopic (exact) mass is 362 g/mol. The summed E-state index contributed by atoms with van der Waals surface area (Å²) >= 11 is 0. The average Bonchev–Trinajstić information content (AvgIpc) is 3.43. The lowest BCUT2D eigenvalue weighted by molar-refractivity contribution is -0.118. The van der Waals surface area contributed by atoms with Gasteiger partial charge in [0.25, 0.3) is 0 Å². The molecule has 140 valence electrons. The van der Waals surface area contributed by atoms with Crippen LogP contribution in [0.5, 0.6) is 0 Å². The molecule has 1 saturated carbocycles. The fourth-order valence-electron chi connectivity index (χ4n) is 3.77. The first kappa shape index (κ1) is 17.8. The van der Waals surface area contributed by atoms with E-state index in [4.69, 9.17) is 0 Å². The lowest BCUT2D eigenvalue weighted by atomic mass is 9.85. The molecule has 1 heterocycles. The molecule has 0 saturated heterocycles. The van der Waals surface area contributed by atoms with Crippen molar-refractivity contribution in [3.8, 4) is 0 Å². The van der Waals surface area contributed by atoms with E-state index < -0.39 is 5.41 Å². The Balaban J connectivity index is 1.52. The number of rotatable bonds is 3. The summed E-state index contributed by atoms with van der Waals surface area (Å²) in [6.45, 7) is 6.58. The summed E-state index contributed by atoms with van der Waals surface area (Å²) in [7, 11) is 0. The highest BCUT2D eigenvalue weighted by Crippen LogP contribution is 2.49. The van der Waals surface area contributed by atoms with Crippen molar-refractivity contribution in [3.05, 3.63) is 59.2 Å². The van der Waals surface area contributed by atoms with Crippen molar-refractivity contribution in [3.63, 3.8) is 0 Å². The maximum Gasteiger partial charge on any atom is 0.235 e. The number of nitrogens with one attached hydrogen (secondary N) is 2. The molecule has 1 fully saturated rings. The number of aryl methyl sites for hydroxylation is 1. The summed E-state index contributed by atoms with van der Waals surface area (Å²) in [4.78, 5) is 24.5. The van der Waals surface area contributed by atoms with Gasteiger partial charge in [0, 0.05) is 17.8 Å². The number of hydrogen-bond donors (Lipinski definition) is 2. The molecular weight excluding hydrogens is 336 g/mol. The van der Waals surface area contributed by atoms with Crippen LogP contribution >= 0.6 is 0 Å². The summed E-state index contributed by atoms with van der Waals surface area (Å²) in [6.07, 6.45) is 2.97. The Morgan fingerprint density at radius 2 is 1.74 bits per heavy atom. The minimum Gasteiger partial charge on any atom is -0.326 e. The van der Waals surface area contributed by atoms with Crippen molar-refractivity contribution in [2.24, 2.45) is 0 Å². The van der Waals surface area contributed by atoms with Crippen molar-refractivity contribution in [2.75, 3.05) is 10.6 Å². The molecule has 0 atom stereocenters. The Bertz CT molecular complexity index is 903. The standard InChI is InChI=1S/C23H26N2O2/c1-22(2,3)16-5-7-17(8-6-16)23(12-13-23)21(27)24-18-9-10-19-15(14-18)4-11-20(26)25-19/h5-10,14H,4,11-13H2,1-3H3,(H,24,27)(H,25,26). The molecule has 4 heteroatoms. The van der Waals surface area contributed by atoms with E-state index in [9.17, 15) is 9.59 Å². The predicted molar refractivity (Wildman–Crippen MR) is 108 cm³/mol. The molecule has 27 heavy (non-hydrogen) atoms. The Hall–Kier alpha value is -2.62. The van der Waals surface area contributed by atoms with Crippen LogP contribution in [-0.2, 0) is 26.8 Å². The average molecular weight is 362 g/mol. The molecule has 0 aromatic heterocycles. The minimum absolute atomic E-state index is 0.0509. The topological polar surface area (TPSA) is 58.2 Å². The van der Waals surface area contributed by atoms with Gasteiger partial charge in [-0.3, -0.25) is 9.59 Å². The van der Waals surface area contributed by atoms with E-state index in [-0.39, 0.29) is 17.2 Å². The summed E-state index contributed by atoms with van der Waals surface area (Å²) < 4.78 is 0. The lowest BCUT2D eigenvalue weighted by Crippen LogP contribution is -2.28. The second kappa shape index (κ2) is 6.22. The molecule has 4 rings (SSSR count). The Kier molecular flexibility index (Phi) is 4.10. The van der Waals surface area contributed by atoms with Crippen LogP contribution < -0.4 is 10.6 Å². The molecule has 2 aromatic carbocycles. The molecule has 0 radical (unpaired) electrons. The van der Waals surface area contributed by atoms with E-state index in [0.717, 1.165) is 35.3 Å². The van der Waals surface area contributed by atoms with Crippen LogP contribution in [0.2, 0.25) is 0 Å². The number of carbonyl (C=O) groups is 2. The lowest BCUT2D eigenvalue weighted by Gasteiger charge is -2.22. The zero-order chi connectivity index (χ0) is 19.2. The van der Waals surface area contributed by atoms with Crippen LogP contribution in [0, 0.1) is 0 Å². The van der Waals surface area contributed by atoms with Crippen LogP contribution in [0.4, 0.5) is 11.4 Å². The predicted octanol–water partition coefficient (Wildman–Crippen LogP) is 4.54. The van der Waals surface area contributed by atoms with Crippen LogP contribution in [0.25, 0.3) is 0 Å². The van der Waals surface area contributed by atoms with Gasteiger partial charge in [0.15, 0.2) is 0 Å². The third-order valence-electron chi connectivity index (χ3n) is 5.75. The maximum atomic E-state index is 13.0. The van der Waals surface area contributed by atoms with Crippen molar-refractivity contribution in [1.29, 1.82) is 0 Å². The van der Waals surface area contributed by atoms with E-state index in [1.165, 1.54) is 5.56 Å². The second-order valence-electron chi connectivity index (χ2n) is 8.78. The quantitative estimate of drug-likeness (QED) is 0.842. The van der Waals surface area contributed by atoms with Crippen molar-refractivity contribution < 1.29 is 9.59 Å². The molecule has 2 N–H and O–H groups in total. The number of fused-ring (bicyclic) bond motifs is 1. The van der Waals surface area contributed by atoms with Gasteiger partial charge in [0.2, 0.25) is 11.8 Å². The van der Waals surface area contributed by atoms with Crippen LogP contribution in [0.15, 0.2) is 42.5 Å². The van der Waals surface area contributed by atoms with Gasteiger partial charge >= 0.3 is 0 Å². The molecule has 2 aromatic rings. The largest absolute Gasteiger partial charge is 0.326 e. The van der Waals surface area contributed by atoms with Gasteiger partial charge in [-0.05, 0) is 59.6 Å². The normalized spacial score (nSPS) is 17.7. The van der Waals surface area contributed by atoms with E-state index in [1.807, 2.05) is 18.2 Å². The smallest absolute Gasteiger partial charge is 0.235 e. The first-order valence-corrected chi connectivity index (χ1v) is 9.63. The molecule has 1 aliphatic heterocycles. The van der Waals surface area contributed by atoms with Crippen molar-refractivity contribution in [2.45, 2.75) is 57.3 Å². The molecule has 1 aliphatic carbocycles. The summed E-state index contributed by atoms with van der Waals surface area (Å²) in [6, 6.07) is 14.2. The van der Waals surface area contributed by atoms with E-state index in [2.05, 4.69) is 55.7 Å². The fraction of sp³-hybridized carbons (Fsp3) is 0.391. The number of carbonyl (C=O) groups excluding carboxylic acids is 2. The number of anilines is 2. The second-order valence-corrected chi connectivity index (χ2v) is 8.78. The van der Waals surface area contributed by atoms with Gasteiger partial charge in [-0.2, -0.15) is 0 Å².